The summed E-state index contributed by atoms with van der Waals surface area (Å²) in [6.07, 6.45) is 13.2. The van der Waals surface area contributed by atoms with Crippen LogP contribution in [-0.4, -0.2) is 94.1 Å². The van der Waals surface area contributed by atoms with E-state index in [1.807, 2.05) is 43.1 Å². The normalized spacial score (nSPS) is 37.1. The maximum atomic E-state index is 14.4. The van der Waals surface area contributed by atoms with Crippen LogP contribution in [0.4, 0.5) is 0 Å². The molecule has 1 N–H and O–H groups in total. The van der Waals surface area contributed by atoms with Crippen LogP contribution in [0.3, 0.4) is 0 Å². The minimum atomic E-state index is -1.22. The summed E-state index contributed by atoms with van der Waals surface area (Å²) in [7, 11) is 1.74. The Morgan fingerprint density at radius 2 is 1.83 bits per heavy atom. The van der Waals surface area contributed by atoms with Gasteiger partial charge in [-0.05, 0) is 18.8 Å². The first-order chi connectivity index (χ1) is 16.9. The van der Waals surface area contributed by atoms with Crippen LogP contribution in [0, 0.1) is 17.8 Å². The molecule has 8 nitrogen and oxygen atoms in total. The van der Waals surface area contributed by atoms with Crippen molar-refractivity contribution in [3.8, 4) is 0 Å². The molecular weight excluding hydrogens is 446 g/mol. The Labute approximate surface area is 207 Å². The van der Waals surface area contributed by atoms with Crippen LogP contribution in [0.5, 0.6) is 0 Å². The molecule has 192 valence electrons. The van der Waals surface area contributed by atoms with Crippen molar-refractivity contribution in [2.24, 2.45) is 17.8 Å². The van der Waals surface area contributed by atoms with Crippen LogP contribution in [0.1, 0.15) is 52.4 Å². The van der Waals surface area contributed by atoms with Crippen LogP contribution in [0.15, 0.2) is 24.3 Å². The van der Waals surface area contributed by atoms with E-state index in [2.05, 4.69) is 0 Å². The molecule has 0 aromatic carbocycles. The Hall–Kier alpha value is -2.19. The number of likely N-dealkylation sites (tertiary alicyclic amines) is 1. The Morgan fingerprint density at radius 3 is 2.51 bits per heavy atom. The number of ether oxygens (including phenoxy) is 1. The van der Waals surface area contributed by atoms with Crippen LogP contribution < -0.4 is 0 Å². The van der Waals surface area contributed by atoms with Crippen molar-refractivity contribution in [1.29, 1.82) is 0 Å². The highest BCUT2D eigenvalue weighted by molar-refractivity contribution is 6.00. The second-order valence-corrected chi connectivity index (χ2v) is 11.1. The third-order valence-corrected chi connectivity index (χ3v) is 9.19. The Bertz CT molecular complexity index is 928. The SMILES string of the molecule is CC[C@H](C)[C@H](CO)N1C(=O)[C@@H]2[C@@H]3C(=O)N(C)CC=C[C@@H]3O[C@@]23C=CCN(C2CCCCC2)C(=O)C13. The number of carbonyl (C=O) groups excluding carboxylic acids is 3. The first kappa shape index (κ1) is 24.5. The van der Waals surface area contributed by atoms with Gasteiger partial charge in [-0.15, -0.1) is 0 Å². The maximum absolute atomic E-state index is 14.4. The zero-order valence-electron chi connectivity index (χ0n) is 21.1. The number of nitrogens with zero attached hydrogens (tertiary/aromatic N) is 3. The molecule has 0 aromatic rings. The summed E-state index contributed by atoms with van der Waals surface area (Å²) in [4.78, 5) is 47.3. The Kier molecular flexibility index (Phi) is 6.55. The predicted octanol–water partition coefficient (Wildman–Crippen LogP) is 1.73. The Morgan fingerprint density at radius 1 is 1.09 bits per heavy atom. The summed E-state index contributed by atoms with van der Waals surface area (Å²) < 4.78 is 6.66. The number of fused-ring (bicyclic) bond motifs is 2. The smallest absolute Gasteiger partial charge is 0.249 e. The largest absolute Gasteiger partial charge is 0.394 e. The van der Waals surface area contributed by atoms with Crippen LogP contribution in [0.2, 0.25) is 0 Å². The first-order valence-electron chi connectivity index (χ1n) is 13.4. The molecule has 3 amide bonds. The van der Waals surface area contributed by atoms with E-state index in [0.29, 0.717) is 13.1 Å². The average Bonchev–Trinajstić information content (AvgIpc) is 3.19. The van der Waals surface area contributed by atoms with E-state index in [9.17, 15) is 19.5 Å². The third kappa shape index (κ3) is 3.67. The highest BCUT2D eigenvalue weighted by Gasteiger charge is 2.72. The second-order valence-electron chi connectivity index (χ2n) is 11.1. The van der Waals surface area contributed by atoms with E-state index >= 15 is 0 Å². The molecule has 35 heavy (non-hydrogen) atoms. The molecule has 0 radical (unpaired) electrons. The van der Waals surface area contributed by atoms with Crippen molar-refractivity contribution in [3.63, 3.8) is 0 Å². The third-order valence-electron chi connectivity index (χ3n) is 9.19. The van der Waals surface area contributed by atoms with Gasteiger partial charge < -0.3 is 24.5 Å². The molecule has 1 spiro atoms. The summed E-state index contributed by atoms with van der Waals surface area (Å²) in [6, 6.07) is -1.26. The number of aliphatic hydroxyl groups is 1. The van der Waals surface area contributed by atoms with Crippen LogP contribution in [-0.2, 0) is 19.1 Å². The Balaban J connectivity index is 1.62. The van der Waals surface area contributed by atoms with Gasteiger partial charge in [0, 0.05) is 26.2 Å². The van der Waals surface area contributed by atoms with Gasteiger partial charge in [0.25, 0.3) is 0 Å². The van der Waals surface area contributed by atoms with Crippen LogP contribution >= 0.6 is 0 Å². The average molecular weight is 486 g/mol. The molecule has 5 aliphatic rings. The van der Waals surface area contributed by atoms with E-state index in [-0.39, 0.29) is 36.3 Å². The highest BCUT2D eigenvalue weighted by atomic mass is 16.5. The minimum absolute atomic E-state index is 0.00816. The molecule has 1 aliphatic carbocycles. The molecule has 1 unspecified atom stereocenters. The van der Waals surface area contributed by atoms with Gasteiger partial charge in [-0.2, -0.15) is 0 Å². The lowest BCUT2D eigenvalue weighted by molar-refractivity contribution is -0.154. The quantitative estimate of drug-likeness (QED) is 0.599. The number of likely N-dealkylation sites (N-methyl/N-ethyl adjacent to an activating group) is 1. The van der Waals surface area contributed by atoms with E-state index in [1.54, 1.807) is 16.8 Å². The molecule has 8 heteroatoms. The summed E-state index contributed by atoms with van der Waals surface area (Å²) in [5.74, 6) is -1.98. The number of rotatable bonds is 5. The van der Waals surface area contributed by atoms with E-state index in [1.165, 1.54) is 6.42 Å². The standard InChI is InChI=1S/C27H39N3O5/c1-4-17(2)19(16-31)30-23-26(34)29(18-10-6-5-7-11-18)15-9-13-27(23)22(25(30)33)21-20(35-27)12-8-14-28(3)24(21)32/h8-9,12-13,17-23,31H,4-7,10-11,14-16H2,1-3H3/t17-,19-,20-,21+,22-,23?,27-/m0/s1. The van der Waals surface area contributed by atoms with Crippen LogP contribution in [0.25, 0.3) is 0 Å². The summed E-state index contributed by atoms with van der Waals surface area (Å²) >= 11 is 0. The van der Waals surface area contributed by atoms with Gasteiger partial charge in [0.2, 0.25) is 17.7 Å². The maximum Gasteiger partial charge on any atom is 0.249 e. The summed E-state index contributed by atoms with van der Waals surface area (Å²) in [6.45, 7) is 4.73. The number of amides is 3. The molecule has 4 aliphatic heterocycles. The fourth-order valence-corrected chi connectivity index (χ4v) is 7.11. The molecule has 5 rings (SSSR count). The lowest BCUT2D eigenvalue weighted by Gasteiger charge is -2.42. The zero-order valence-corrected chi connectivity index (χ0v) is 21.1. The highest BCUT2D eigenvalue weighted by Crippen LogP contribution is 2.54. The molecule has 1 saturated carbocycles. The van der Waals surface area contributed by atoms with Gasteiger partial charge in [0.1, 0.15) is 11.6 Å². The van der Waals surface area contributed by atoms with Crippen molar-refractivity contribution in [3.05, 3.63) is 24.3 Å². The van der Waals surface area contributed by atoms with Crippen molar-refractivity contribution >= 4 is 17.7 Å². The molecule has 7 atom stereocenters. The summed E-state index contributed by atoms with van der Waals surface area (Å²) in [5.41, 5.74) is -1.22. The monoisotopic (exact) mass is 485 g/mol. The fraction of sp³-hybridized carbons (Fsp3) is 0.741. The van der Waals surface area contributed by atoms with E-state index < -0.39 is 35.6 Å². The zero-order chi connectivity index (χ0) is 24.9. The minimum Gasteiger partial charge on any atom is -0.394 e. The molecule has 0 bridgehead atoms. The molecular formula is C27H39N3O5. The van der Waals surface area contributed by atoms with Crippen molar-refractivity contribution in [2.75, 3.05) is 26.7 Å². The van der Waals surface area contributed by atoms with Crippen molar-refractivity contribution < 1.29 is 24.2 Å². The molecule has 3 fully saturated rings. The predicted molar refractivity (Wildman–Crippen MR) is 130 cm³/mol. The summed E-state index contributed by atoms with van der Waals surface area (Å²) in [5, 5.41) is 10.4. The van der Waals surface area contributed by atoms with E-state index in [4.69, 9.17) is 4.74 Å². The lowest BCUT2D eigenvalue weighted by atomic mass is 9.77. The van der Waals surface area contributed by atoms with Gasteiger partial charge in [-0.25, -0.2) is 0 Å². The number of aliphatic hydroxyl groups excluding tert-OH is 1. The lowest BCUT2D eigenvalue weighted by Crippen LogP contribution is -2.60. The van der Waals surface area contributed by atoms with Crippen molar-refractivity contribution in [2.45, 2.75) is 82.2 Å². The molecule has 2 saturated heterocycles. The molecule has 4 heterocycles. The topological polar surface area (TPSA) is 90.4 Å². The fourth-order valence-electron chi connectivity index (χ4n) is 7.11. The van der Waals surface area contributed by atoms with Crippen molar-refractivity contribution in [1.82, 2.24) is 14.7 Å². The van der Waals surface area contributed by atoms with Gasteiger partial charge >= 0.3 is 0 Å². The number of hydrogen-bond acceptors (Lipinski definition) is 5. The van der Waals surface area contributed by atoms with Gasteiger partial charge in [-0.3, -0.25) is 14.4 Å². The number of carbonyl (C=O) groups is 3. The van der Waals surface area contributed by atoms with Gasteiger partial charge in [0.05, 0.1) is 30.6 Å². The van der Waals surface area contributed by atoms with Gasteiger partial charge in [0.15, 0.2) is 0 Å². The van der Waals surface area contributed by atoms with E-state index in [0.717, 1.165) is 32.1 Å². The second kappa shape index (κ2) is 9.36. The number of hydrogen-bond donors (Lipinski definition) is 1. The molecule has 0 aromatic heterocycles. The van der Waals surface area contributed by atoms with Gasteiger partial charge in [-0.1, -0.05) is 63.8 Å². The first-order valence-corrected chi connectivity index (χ1v) is 13.4.